The maximum absolute atomic E-state index is 3.65. The van der Waals surface area contributed by atoms with Crippen molar-refractivity contribution in [1.82, 2.24) is 10.6 Å². The van der Waals surface area contributed by atoms with Crippen molar-refractivity contribution in [3.63, 3.8) is 0 Å². The third-order valence-electron chi connectivity index (χ3n) is 3.73. The van der Waals surface area contributed by atoms with Crippen LogP contribution in [0.2, 0.25) is 0 Å². The number of nitrogens with one attached hydrogen (secondary N) is 2. The van der Waals surface area contributed by atoms with E-state index < -0.39 is 0 Å². The summed E-state index contributed by atoms with van der Waals surface area (Å²) < 4.78 is 0. The Balaban J connectivity index is 3.92. The van der Waals surface area contributed by atoms with Crippen LogP contribution in [0, 0.1) is 0 Å². The van der Waals surface area contributed by atoms with Crippen molar-refractivity contribution >= 4 is 0 Å². The zero-order valence-corrected chi connectivity index (χ0v) is 17.1. The fourth-order valence-corrected chi connectivity index (χ4v) is 2.69. The van der Waals surface area contributed by atoms with Crippen LogP contribution in [0.4, 0.5) is 0 Å². The van der Waals surface area contributed by atoms with Gasteiger partial charge in [0.2, 0.25) is 0 Å². The Kier molecular flexibility index (Phi) is 11.9. The molecule has 0 aromatic heterocycles. The Morgan fingerprint density at radius 1 is 0.696 bits per heavy atom. The Bertz CT molecular complexity index is 278. The summed E-state index contributed by atoms with van der Waals surface area (Å²) in [7, 11) is 0. The maximum atomic E-state index is 3.65. The first-order chi connectivity index (χ1) is 10.6. The molecule has 2 nitrogen and oxygen atoms in total. The number of allylic oxidation sites excluding steroid dienone is 1. The first-order valence-electron chi connectivity index (χ1n) is 9.86. The molecule has 0 heterocycles. The van der Waals surface area contributed by atoms with E-state index in [-0.39, 0.29) is 17.2 Å². The summed E-state index contributed by atoms with van der Waals surface area (Å²) in [5.74, 6) is 0. The number of hydrogen-bond acceptors (Lipinski definition) is 2. The molecule has 0 saturated heterocycles. The van der Waals surface area contributed by atoms with Gasteiger partial charge in [0.15, 0.2) is 0 Å². The molecule has 0 saturated carbocycles. The van der Waals surface area contributed by atoms with Crippen LogP contribution in [-0.2, 0) is 0 Å². The Morgan fingerprint density at radius 3 is 1.57 bits per heavy atom. The molecule has 0 amide bonds. The smallest absolute Gasteiger partial charge is 0.0772 e. The van der Waals surface area contributed by atoms with Gasteiger partial charge in [0, 0.05) is 11.1 Å². The van der Waals surface area contributed by atoms with E-state index in [1.165, 1.54) is 57.8 Å². The highest BCUT2D eigenvalue weighted by Gasteiger charge is 2.19. The first kappa shape index (κ1) is 22.7. The molecular weight excluding hydrogens is 280 g/mol. The lowest BCUT2D eigenvalue weighted by Gasteiger charge is -2.33. The van der Waals surface area contributed by atoms with Gasteiger partial charge in [-0.05, 0) is 54.4 Å². The lowest BCUT2D eigenvalue weighted by molar-refractivity contribution is 0.297. The molecule has 0 spiro atoms. The number of unbranched alkanes of at least 4 members (excludes halogenated alkanes) is 8. The SMILES string of the molecule is CCCCCCCCCCC=CC(NC(C)(C)C)NC(C)(C)C. The van der Waals surface area contributed by atoms with Crippen molar-refractivity contribution in [2.45, 2.75) is 123 Å². The Labute approximate surface area is 146 Å². The monoisotopic (exact) mass is 324 g/mol. The van der Waals surface area contributed by atoms with E-state index in [0.717, 1.165) is 0 Å². The van der Waals surface area contributed by atoms with Gasteiger partial charge in [-0.15, -0.1) is 0 Å². The summed E-state index contributed by atoms with van der Waals surface area (Å²) in [5.41, 5.74) is 0.234. The number of rotatable bonds is 12. The molecule has 2 heteroatoms. The molecule has 0 rings (SSSR count). The molecule has 2 N–H and O–H groups in total. The second-order valence-electron chi connectivity index (χ2n) is 8.96. The average molecular weight is 325 g/mol. The largest absolute Gasteiger partial charge is 0.294 e. The van der Waals surface area contributed by atoms with Gasteiger partial charge >= 0.3 is 0 Å². The highest BCUT2D eigenvalue weighted by molar-refractivity contribution is 4.97. The molecule has 0 aliphatic carbocycles. The highest BCUT2D eigenvalue weighted by atomic mass is 15.2. The third-order valence-corrected chi connectivity index (χ3v) is 3.73. The minimum atomic E-state index is 0.117. The van der Waals surface area contributed by atoms with Crippen LogP contribution >= 0.6 is 0 Å². The van der Waals surface area contributed by atoms with Crippen LogP contribution in [0.3, 0.4) is 0 Å². The van der Waals surface area contributed by atoms with Crippen molar-refractivity contribution in [3.8, 4) is 0 Å². The number of hydrogen-bond donors (Lipinski definition) is 2. The summed E-state index contributed by atoms with van der Waals surface area (Å²) in [6.07, 6.45) is 17.2. The van der Waals surface area contributed by atoms with E-state index in [1.807, 2.05) is 0 Å². The molecular formula is C21H44N2. The zero-order chi connectivity index (χ0) is 17.8. The predicted octanol–water partition coefficient (Wildman–Crippen LogP) is 6.18. The van der Waals surface area contributed by atoms with Crippen molar-refractivity contribution in [2.24, 2.45) is 0 Å². The molecule has 0 radical (unpaired) electrons. The van der Waals surface area contributed by atoms with Crippen LogP contribution in [-0.4, -0.2) is 17.2 Å². The van der Waals surface area contributed by atoms with Crippen LogP contribution < -0.4 is 10.6 Å². The van der Waals surface area contributed by atoms with Gasteiger partial charge in [-0.2, -0.15) is 0 Å². The van der Waals surface area contributed by atoms with Crippen LogP contribution in [0.1, 0.15) is 106 Å². The fourth-order valence-electron chi connectivity index (χ4n) is 2.69. The molecule has 0 unspecified atom stereocenters. The molecule has 0 atom stereocenters. The summed E-state index contributed by atoms with van der Waals surface area (Å²) in [6, 6.07) is 0. The molecule has 23 heavy (non-hydrogen) atoms. The molecule has 0 aromatic carbocycles. The molecule has 138 valence electrons. The lowest BCUT2D eigenvalue weighted by Crippen LogP contribution is -2.55. The van der Waals surface area contributed by atoms with Gasteiger partial charge in [-0.1, -0.05) is 64.0 Å². The van der Waals surface area contributed by atoms with Gasteiger partial charge < -0.3 is 0 Å². The standard InChI is InChI=1S/C21H44N2/c1-8-9-10-11-12-13-14-15-16-17-18-19(22-20(2,3)4)23-21(5,6)7/h17-19,22-23H,8-16H2,1-7H3. The first-order valence-corrected chi connectivity index (χ1v) is 9.86. The van der Waals surface area contributed by atoms with E-state index in [0.29, 0.717) is 0 Å². The van der Waals surface area contributed by atoms with Crippen molar-refractivity contribution in [1.29, 1.82) is 0 Å². The molecule has 0 aliphatic heterocycles. The second-order valence-corrected chi connectivity index (χ2v) is 8.96. The van der Waals surface area contributed by atoms with Crippen LogP contribution in [0.15, 0.2) is 12.2 Å². The van der Waals surface area contributed by atoms with Crippen LogP contribution in [0.5, 0.6) is 0 Å². The Hall–Kier alpha value is -0.340. The van der Waals surface area contributed by atoms with Crippen molar-refractivity contribution in [3.05, 3.63) is 12.2 Å². The van der Waals surface area contributed by atoms with E-state index >= 15 is 0 Å². The van der Waals surface area contributed by atoms with Crippen molar-refractivity contribution in [2.75, 3.05) is 0 Å². The van der Waals surface area contributed by atoms with Crippen LogP contribution in [0.25, 0.3) is 0 Å². The van der Waals surface area contributed by atoms with E-state index in [4.69, 9.17) is 0 Å². The van der Waals surface area contributed by atoms with Gasteiger partial charge in [-0.25, -0.2) is 0 Å². The second kappa shape index (κ2) is 12.1. The highest BCUT2D eigenvalue weighted by Crippen LogP contribution is 2.10. The van der Waals surface area contributed by atoms with Crippen molar-refractivity contribution < 1.29 is 0 Å². The fraction of sp³-hybridized carbons (Fsp3) is 0.905. The quantitative estimate of drug-likeness (QED) is 0.254. The molecule has 0 aromatic rings. The predicted molar refractivity (Wildman–Crippen MR) is 106 cm³/mol. The summed E-state index contributed by atoms with van der Waals surface area (Å²) in [5, 5.41) is 7.29. The summed E-state index contributed by atoms with van der Waals surface area (Å²) in [4.78, 5) is 0. The molecule has 0 bridgehead atoms. The minimum absolute atomic E-state index is 0.117. The average Bonchev–Trinajstić information content (AvgIpc) is 2.37. The topological polar surface area (TPSA) is 24.1 Å². The maximum Gasteiger partial charge on any atom is 0.0772 e. The molecule has 0 fully saturated rings. The summed E-state index contributed by atoms with van der Waals surface area (Å²) in [6.45, 7) is 15.6. The summed E-state index contributed by atoms with van der Waals surface area (Å²) >= 11 is 0. The lowest BCUT2D eigenvalue weighted by atomic mass is 10.1. The van der Waals surface area contributed by atoms with E-state index in [1.54, 1.807) is 0 Å². The van der Waals surface area contributed by atoms with Gasteiger partial charge in [0.05, 0.1) is 6.17 Å². The van der Waals surface area contributed by atoms with Gasteiger partial charge in [-0.3, -0.25) is 10.6 Å². The van der Waals surface area contributed by atoms with E-state index in [9.17, 15) is 0 Å². The molecule has 0 aliphatic rings. The van der Waals surface area contributed by atoms with Gasteiger partial charge in [0.1, 0.15) is 0 Å². The normalized spacial score (nSPS) is 13.4. The third kappa shape index (κ3) is 17.8. The Morgan fingerprint density at radius 2 is 1.13 bits per heavy atom. The van der Waals surface area contributed by atoms with E-state index in [2.05, 4.69) is 71.3 Å². The minimum Gasteiger partial charge on any atom is -0.294 e. The zero-order valence-electron chi connectivity index (χ0n) is 17.1. The van der Waals surface area contributed by atoms with Gasteiger partial charge in [0.25, 0.3) is 0 Å².